The highest BCUT2D eigenvalue weighted by molar-refractivity contribution is 5.34. The maximum atomic E-state index is 9.54. The molecule has 1 N–H and O–H groups in total. The van der Waals surface area contributed by atoms with Crippen molar-refractivity contribution in [3.63, 3.8) is 0 Å². The van der Waals surface area contributed by atoms with Crippen molar-refractivity contribution in [1.82, 2.24) is 4.90 Å². The van der Waals surface area contributed by atoms with Crippen molar-refractivity contribution >= 4 is 0 Å². The van der Waals surface area contributed by atoms with E-state index in [2.05, 4.69) is 30.1 Å². The minimum atomic E-state index is -0.351. The van der Waals surface area contributed by atoms with Gasteiger partial charge < -0.3 is 10.0 Å². The first-order chi connectivity index (χ1) is 7.16. The number of likely N-dealkylation sites (N-methyl/N-ethyl adjacent to an activating group) is 1. The van der Waals surface area contributed by atoms with Crippen LogP contribution in [0.25, 0.3) is 0 Å². The molecular weight excluding hydrogens is 186 g/mol. The van der Waals surface area contributed by atoms with Gasteiger partial charge in [0.2, 0.25) is 0 Å². The Morgan fingerprint density at radius 3 is 2.53 bits per heavy atom. The van der Waals surface area contributed by atoms with Gasteiger partial charge in [0, 0.05) is 13.1 Å². The molecule has 0 radical (unpaired) electrons. The van der Waals surface area contributed by atoms with Crippen molar-refractivity contribution in [3.05, 3.63) is 34.9 Å². The van der Waals surface area contributed by atoms with E-state index in [-0.39, 0.29) is 6.10 Å². The van der Waals surface area contributed by atoms with Gasteiger partial charge in [-0.05, 0) is 43.5 Å². The summed E-state index contributed by atoms with van der Waals surface area (Å²) in [5.41, 5.74) is 3.90. The molecule has 82 valence electrons. The molecule has 1 aromatic rings. The van der Waals surface area contributed by atoms with E-state index in [0.29, 0.717) is 0 Å². The molecule has 2 nitrogen and oxygen atoms in total. The minimum absolute atomic E-state index is 0.351. The van der Waals surface area contributed by atoms with Crippen LogP contribution in [-0.4, -0.2) is 30.1 Å². The third-order valence-electron chi connectivity index (χ3n) is 3.24. The van der Waals surface area contributed by atoms with Crippen LogP contribution in [0.2, 0.25) is 0 Å². The van der Waals surface area contributed by atoms with Gasteiger partial charge in [0.1, 0.15) is 0 Å². The second-order valence-electron chi connectivity index (χ2n) is 4.51. The normalized spacial score (nSPS) is 19.4. The van der Waals surface area contributed by atoms with Crippen molar-refractivity contribution in [2.45, 2.75) is 25.9 Å². The summed E-state index contributed by atoms with van der Waals surface area (Å²) in [5, 5.41) is 9.54. The summed E-state index contributed by atoms with van der Waals surface area (Å²) in [4.78, 5) is 2.36. The van der Waals surface area contributed by atoms with E-state index in [4.69, 9.17) is 0 Å². The van der Waals surface area contributed by atoms with Crippen molar-refractivity contribution in [2.24, 2.45) is 0 Å². The fourth-order valence-electron chi connectivity index (χ4n) is 2.12. The second kappa shape index (κ2) is 4.33. The Bertz CT molecular complexity index is 346. The molecule has 0 spiro atoms. The standard InChI is InChI=1S/C13H19NO/c1-10(15)12-4-3-11-5-7-14(2)8-6-13(11)9-12/h3-4,9-10,15H,5-8H2,1-2H3. The van der Waals surface area contributed by atoms with Gasteiger partial charge in [-0.25, -0.2) is 0 Å². The number of rotatable bonds is 1. The smallest absolute Gasteiger partial charge is 0.0762 e. The van der Waals surface area contributed by atoms with Crippen LogP contribution in [0.1, 0.15) is 29.7 Å². The predicted octanol–water partition coefficient (Wildman–Crippen LogP) is 1.77. The number of hydrogen-bond donors (Lipinski definition) is 1. The molecule has 0 aliphatic carbocycles. The molecule has 2 rings (SSSR count). The van der Waals surface area contributed by atoms with E-state index in [1.54, 1.807) is 0 Å². The Balaban J connectivity index is 2.28. The van der Waals surface area contributed by atoms with E-state index in [9.17, 15) is 5.11 Å². The number of fused-ring (bicyclic) bond motifs is 1. The quantitative estimate of drug-likeness (QED) is 0.755. The topological polar surface area (TPSA) is 23.5 Å². The number of hydrogen-bond acceptors (Lipinski definition) is 2. The lowest BCUT2D eigenvalue weighted by Gasteiger charge is -2.11. The lowest BCUT2D eigenvalue weighted by Crippen LogP contribution is -2.20. The van der Waals surface area contributed by atoms with Crippen molar-refractivity contribution in [3.8, 4) is 0 Å². The third-order valence-corrected chi connectivity index (χ3v) is 3.24. The molecule has 0 bridgehead atoms. The molecule has 0 saturated heterocycles. The van der Waals surface area contributed by atoms with E-state index < -0.39 is 0 Å². The monoisotopic (exact) mass is 205 g/mol. The van der Waals surface area contributed by atoms with Crippen LogP contribution in [0, 0.1) is 0 Å². The van der Waals surface area contributed by atoms with E-state index in [1.165, 1.54) is 11.1 Å². The molecule has 0 fully saturated rings. The number of aliphatic hydroxyl groups excluding tert-OH is 1. The first-order valence-electron chi connectivity index (χ1n) is 5.65. The zero-order valence-corrected chi connectivity index (χ0v) is 9.53. The summed E-state index contributed by atoms with van der Waals surface area (Å²) in [7, 11) is 2.17. The Kier molecular flexibility index (Phi) is 3.08. The lowest BCUT2D eigenvalue weighted by atomic mass is 9.98. The number of benzene rings is 1. The fraction of sp³-hybridized carbons (Fsp3) is 0.538. The highest BCUT2D eigenvalue weighted by Crippen LogP contribution is 2.20. The fourth-order valence-corrected chi connectivity index (χ4v) is 2.12. The maximum absolute atomic E-state index is 9.54. The van der Waals surface area contributed by atoms with Gasteiger partial charge in [0.15, 0.2) is 0 Å². The third kappa shape index (κ3) is 2.39. The molecule has 0 saturated carbocycles. The molecule has 0 aromatic heterocycles. The zero-order valence-electron chi connectivity index (χ0n) is 9.53. The minimum Gasteiger partial charge on any atom is -0.389 e. The molecule has 1 unspecified atom stereocenters. The number of aliphatic hydroxyl groups is 1. The Hall–Kier alpha value is -0.860. The van der Waals surface area contributed by atoms with E-state index in [1.807, 2.05) is 6.92 Å². The first-order valence-corrected chi connectivity index (χ1v) is 5.65. The maximum Gasteiger partial charge on any atom is 0.0762 e. The highest BCUT2D eigenvalue weighted by Gasteiger charge is 2.12. The van der Waals surface area contributed by atoms with Crippen LogP contribution in [0.15, 0.2) is 18.2 Å². The zero-order chi connectivity index (χ0) is 10.8. The molecule has 1 aliphatic rings. The molecule has 1 heterocycles. The van der Waals surface area contributed by atoms with Crippen LogP contribution >= 0.6 is 0 Å². The Morgan fingerprint density at radius 1 is 1.20 bits per heavy atom. The van der Waals surface area contributed by atoms with Gasteiger partial charge in [0.05, 0.1) is 6.10 Å². The van der Waals surface area contributed by atoms with Gasteiger partial charge >= 0.3 is 0 Å². The molecule has 1 atom stereocenters. The van der Waals surface area contributed by atoms with Gasteiger partial charge in [0.25, 0.3) is 0 Å². The summed E-state index contributed by atoms with van der Waals surface area (Å²) in [6.45, 7) is 4.09. The van der Waals surface area contributed by atoms with Crippen LogP contribution in [-0.2, 0) is 12.8 Å². The molecule has 1 aromatic carbocycles. The summed E-state index contributed by atoms with van der Waals surface area (Å²) in [6.07, 6.45) is 1.88. The van der Waals surface area contributed by atoms with Crippen molar-refractivity contribution in [1.29, 1.82) is 0 Å². The lowest BCUT2D eigenvalue weighted by molar-refractivity contribution is 0.199. The second-order valence-corrected chi connectivity index (χ2v) is 4.51. The summed E-state index contributed by atoms with van der Waals surface area (Å²) >= 11 is 0. The van der Waals surface area contributed by atoms with Crippen LogP contribution in [0.5, 0.6) is 0 Å². The largest absolute Gasteiger partial charge is 0.389 e. The molecule has 1 aliphatic heterocycles. The Labute approximate surface area is 91.5 Å². The van der Waals surface area contributed by atoms with E-state index >= 15 is 0 Å². The average Bonchev–Trinajstić information content (AvgIpc) is 2.40. The van der Waals surface area contributed by atoms with Crippen LogP contribution < -0.4 is 0 Å². The molecule has 15 heavy (non-hydrogen) atoms. The van der Waals surface area contributed by atoms with E-state index in [0.717, 1.165) is 31.5 Å². The van der Waals surface area contributed by atoms with Crippen LogP contribution in [0.3, 0.4) is 0 Å². The van der Waals surface area contributed by atoms with Crippen molar-refractivity contribution < 1.29 is 5.11 Å². The Morgan fingerprint density at radius 2 is 1.87 bits per heavy atom. The van der Waals surface area contributed by atoms with Crippen LogP contribution in [0.4, 0.5) is 0 Å². The summed E-state index contributed by atoms with van der Waals surface area (Å²) < 4.78 is 0. The molecule has 2 heteroatoms. The molecular formula is C13H19NO. The average molecular weight is 205 g/mol. The number of nitrogens with zero attached hydrogens (tertiary/aromatic N) is 1. The van der Waals surface area contributed by atoms with Gasteiger partial charge in [-0.1, -0.05) is 18.2 Å². The highest BCUT2D eigenvalue weighted by atomic mass is 16.3. The predicted molar refractivity (Wildman–Crippen MR) is 62.0 cm³/mol. The molecule has 0 amide bonds. The SMILES string of the molecule is CC(O)c1ccc2c(c1)CCN(C)CC2. The summed E-state index contributed by atoms with van der Waals surface area (Å²) in [6, 6.07) is 6.39. The summed E-state index contributed by atoms with van der Waals surface area (Å²) in [5.74, 6) is 0. The van der Waals surface area contributed by atoms with Gasteiger partial charge in [-0.2, -0.15) is 0 Å². The van der Waals surface area contributed by atoms with Gasteiger partial charge in [-0.15, -0.1) is 0 Å². The van der Waals surface area contributed by atoms with Gasteiger partial charge in [-0.3, -0.25) is 0 Å². The van der Waals surface area contributed by atoms with Crippen molar-refractivity contribution in [2.75, 3.05) is 20.1 Å². The first kappa shape index (κ1) is 10.7.